The first-order valence-corrected chi connectivity index (χ1v) is 5.24. The molecule has 12 heavy (non-hydrogen) atoms. The third-order valence-electron chi connectivity index (χ3n) is 2.82. The normalized spacial score (nSPS) is 21.0. The highest BCUT2D eigenvalue weighted by Crippen LogP contribution is 2.27. The molecule has 0 spiro atoms. The van der Waals surface area contributed by atoms with E-state index in [1.807, 2.05) is 0 Å². The Kier molecular flexibility index (Phi) is 2.19. The fourth-order valence-corrected chi connectivity index (χ4v) is 2.32. The van der Waals surface area contributed by atoms with E-state index in [1.165, 1.54) is 24.6 Å². The van der Waals surface area contributed by atoms with Crippen molar-refractivity contribution in [2.45, 2.75) is 26.2 Å². The van der Waals surface area contributed by atoms with Gasteiger partial charge in [-0.25, -0.2) is 0 Å². The summed E-state index contributed by atoms with van der Waals surface area (Å²) < 4.78 is 0. The van der Waals surface area contributed by atoms with Crippen molar-refractivity contribution >= 4 is 14.5 Å². The number of fused-ring (bicyclic) bond motifs is 1. The van der Waals surface area contributed by atoms with Gasteiger partial charge in [0, 0.05) is 0 Å². The molecule has 0 saturated heterocycles. The first kappa shape index (κ1) is 8.26. The maximum absolute atomic E-state index is 2.77. The lowest BCUT2D eigenvalue weighted by molar-refractivity contribution is 0.543. The van der Waals surface area contributed by atoms with Crippen molar-refractivity contribution in [3.05, 3.63) is 29.3 Å². The summed E-state index contributed by atoms with van der Waals surface area (Å²) in [5, 5.41) is 1.32. The molecule has 0 aromatic heterocycles. The van der Waals surface area contributed by atoms with Crippen LogP contribution in [0, 0.1) is 5.92 Å². The van der Waals surface area contributed by atoms with E-state index in [2.05, 4.69) is 34.4 Å². The predicted octanol–water partition coefficient (Wildman–Crippen LogP) is 2.31. The van der Waals surface area contributed by atoms with Gasteiger partial charge in [0.2, 0.25) is 0 Å². The number of benzene rings is 1. The van der Waals surface area contributed by atoms with Crippen molar-refractivity contribution in [2.24, 2.45) is 5.92 Å². The minimum Gasteiger partial charge on any atom is -0.106 e. The van der Waals surface area contributed by atoms with E-state index in [9.17, 15) is 0 Å². The second kappa shape index (κ2) is 3.18. The molecular formula is C11H15P. The average Bonchev–Trinajstić information content (AvgIpc) is 2.46. The van der Waals surface area contributed by atoms with E-state index in [4.69, 9.17) is 0 Å². The van der Waals surface area contributed by atoms with Crippen LogP contribution in [0.15, 0.2) is 18.2 Å². The van der Waals surface area contributed by atoms with E-state index >= 15 is 0 Å². The number of hydrogen-bond donors (Lipinski definition) is 0. The van der Waals surface area contributed by atoms with E-state index < -0.39 is 0 Å². The van der Waals surface area contributed by atoms with Gasteiger partial charge in [-0.15, -0.1) is 9.24 Å². The molecule has 0 bridgehead atoms. The standard InChI is InChI=1S/C11H15P/c1-2-8-5-9-3-4-11(12)7-10(9)6-8/h3-4,7-8H,2,5-6,12H2,1H3. The highest BCUT2D eigenvalue weighted by molar-refractivity contribution is 7.27. The Morgan fingerprint density at radius 1 is 1.33 bits per heavy atom. The summed E-state index contributed by atoms with van der Waals surface area (Å²) in [6.07, 6.45) is 3.92. The number of hydrogen-bond acceptors (Lipinski definition) is 0. The van der Waals surface area contributed by atoms with Gasteiger partial charge in [0.1, 0.15) is 0 Å². The fourth-order valence-electron chi connectivity index (χ4n) is 2.02. The lowest BCUT2D eigenvalue weighted by atomic mass is 10.0. The van der Waals surface area contributed by atoms with Crippen molar-refractivity contribution in [3.8, 4) is 0 Å². The molecule has 0 fully saturated rings. The fraction of sp³-hybridized carbons (Fsp3) is 0.455. The molecule has 2 atom stereocenters. The third kappa shape index (κ3) is 1.41. The molecular weight excluding hydrogens is 163 g/mol. The Morgan fingerprint density at radius 2 is 2.08 bits per heavy atom. The maximum atomic E-state index is 2.77. The molecule has 1 aliphatic carbocycles. The van der Waals surface area contributed by atoms with Crippen LogP contribution in [-0.2, 0) is 12.8 Å². The smallest absolute Gasteiger partial charge is 0.0244 e. The van der Waals surface area contributed by atoms with Crippen LogP contribution in [0.1, 0.15) is 24.5 Å². The maximum Gasteiger partial charge on any atom is -0.0244 e. The molecule has 2 unspecified atom stereocenters. The summed E-state index contributed by atoms with van der Waals surface area (Å²) >= 11 is 0. The topological polar surface area (TPSA) is 0 Å². The van der Waals surface area contributed by atoms with Gasteiger partial charge in [-0.1, -0.05) is 31.5 Å². The van der Waals surface area contributed by atoms with Crippen molar-refractivity contribution in [2.75, 3.05) is 0 Å². The van der Waals surface area contributed by atoms with E-state index in [0.29, 0.717) is 0 Å². The first-order chi connectivity index (χ1) is 5.79. The van der Waals surface area contributed by atoms with Gasteiger partial charge in [0.05, 0.1) is 0 Å². The summed E-state index contributed by atoms with van der Waals surface area (Å²) in [5.74, 6) is 0.909. The van der Waals surface area contributed by atoms with Crippen LogP contribution in [0.5, 0.6) is 0 Å². The lowest BCUT2D eigenvalue weighted by Gasteiger charge is -2.01. The minimum absolute atomic E-state index is 0.909. The van der Waals surface area contributed by atoms with E-state index in [1.54, 1.807) is 11.1 Å². The molecule has 1 heteroatoms. The van der Waals surface area contributed by atoms with Gasteiger partial charge < -0.3 is 0 Å². The quantitative estimate of drug-likeness (QED) is 0.579. The van der Waals surface area contributed by atoms with Gasteiger partial charge in [-0.05, 0) is 35.2 Å². The molecule has 0 saturated carbocycles. The van der Waals surface area contributed by atoms with E-state index in [-0.39, 0.29) is 0 Å². The van der Waals surface area contributed by atoms with Crippen LogP contribution < -0.4 is 5.30 Å². The zero-order valence-corrected chi connectivity index (χ0v) is 8.66. The lowest BCUT2D eigenvalue weighted by Crippen LogP contribution is -1.95. The Hall–Kier alpha value is -0.350. The van der Waals surface area contributed by atoms with Gasteiger partial charge in [0.15, 0.2) is 0 Å². The van der Waals surface area contributed by atoms with Crippen molar-refractivity contribution in [1.82, 2.24) is 0 Å². The van der Waals surface area contributed by atoms with Gasteiger partial charge in [-0.2, -0.15) is 0 Å². The SMILES string of the molecule is CCC1Cc2ccc(P)cc2C1. The molecule has 0 nitrogen and oxygen atoms in total. The Balaban J connectivity index is 2.30. The molecule has 2 rings (SSSR count). The summed E-state index contributed by atoms with van der Waals surface area (Å²) in [5.41, 5.74) is 3.16. The molecule has 0 N–H and O–H groups in total. The minimum atomic E-state index is 0.909. The zero-order chi connectivity index (χ0) is 8.55. The summed E-state index contributed by atoms with van der Waals surface area (Å²) in [6.45, 7) is 2.29. The molecule has 0 radical (unpaired) electrons. The third-order valence-corrected chi connectivity index (χ3v) is 3.18. The van der Waals surface area contributed by atoms with Crippen molar-refractivity contribution in [1.29, 1.82) is 0 Å². The van der Waals surface area contributed by atoms with Crippen molar-refractivity contribution in [3.63, 3.8) is 0 Å². The highest BCUT2D eigenvalue weighted by Gasteiger charge is 2.19. The first-order valence-electron chi connectivity index (χ1n) is 4.67. The molecule has 0 heterocycles. The Morgan fingerprint density at radius 3 is 2.83 bits per heavy atom. The van der Waals surface area contributed by atoms with Gasteiger partial charge in [-0.3, -0.25) is 0 Å². The second-order valence-corrected chi connectivity index (χ2v) is 4.38. The molecule has 0 amide bonds. The molecule has 64 valence electrons. The van der Waals surface area contributed by atoms with Gasteiger partial charge >= 0.3 is 0 Å². The summed E-state index contributed by atoms with van der Waals surface area (Å²) in [4.78, 5) is 0. The van der Waals surface area contributed by atoms with E-state index in [0.717, 1.165) is 5.92 Å². The zero-order valence-electron chi connectivity index (χ0n) is 7.51. The molecule has 1 aromatic carbocycles. The number of rotatable bonds is 1. The van der Waals surface area contributed by atoms with Crippen molar-refractivity contribution < 1.29 is 0 Å². The summed E-state index contributed by atoms with van der Waals surface area (Å²) in [6, 6.07) is 6.80. The van der Waals surface area contributed by atoms with Gasteiger partial charge in [0.25, 0.3) is 0 Å². The van der Waals surface area contributed by atoms with Crippen LogP contribution in [-0.4, -0.2) is 0 Å². The monoisotopic (exact) mass is 178 g/mol. The molecule has 0 aliphatic heterocycles. The Labute approximate surface area is 76.6 Å². The second-order valence-electron chi connectivity index (χ2n) is 3.71. The van der Waals surface area contributed by atoms with Crippen LogP contribution in [0.2, 0.25) is 0 Å². The van der Waals surface area contributed by atoms with Crippen LogP contribution >= 0.6 is 9.24 Å². The predicted molar refractivity (Wildman–Crippen MR) is 57.0 cm³/mol. The van der Waals surface area contributed by atoms with Crippen LogP contribution in [0.25, 0.3) is 0 Å². The average molecular weight is 178 g/mol. The molecule has 1 aromatic rings. The summed E-state index contributed by atoms with van der Waals surface area (Å²) in [7, 11) is 2.77. The largest absolute Gasteiger partial charge is 0.106 e. The Bertz CT molecular complexity index is 291. The highest BCUT2D eigenvalue weighted by atomic mass is 31.0. The molecule has 1 aliphatic rings. The van der Waals surface area contributed by atoms with Crippen LogP contribution in [0.4, 0.5) is 0 Å². The van der Waals surface area contributed by atoms with Crippen LogP contribution in [0.3, 0.4) is 0 Å².